The standard InChI is InChI=1S/C25H27NOS3/c1-3-4-14-28-24(27)22(20-10-6-18(2)7-11-20)23(25-29-15-5-16-30-25)21-12-8-19(17-26)9-13-21/h6-13,22H,3-5,14-16H2,1-2H3. The molecule has 0 bridgehead atoms. The van der Waals surface area contributed by atoms with Crippen molar-refractivity contribution in [3.8, 4) is 6.07 Å². The van der Waals surface area contributed by atoms with E-state index >= 15 is 0 Å². The number of carbonyl (C=O) groups excluding carboxylic acids is 1. The third-order valence-electron chi connectivity index (χ3n) is 4.98. The molecule has 0 radical (unpaired) electrons. The van der Waals surface area contributed by atoms with Crippen LogP contribution in [0.5, 0.6) is 0 Å². The number of benzene rings is 2. The first kappa shape index (κ1) is 23.1. The van der Waals surface area contributed by atoms with Gasteiger partial charge in [0, 0.05) is 9.99 Å². The summed E-state index contributed by atoms with van der Waals surface area (Å²) in [4.78, 5) is 13.5. The maximum Gasteiger partial charge on any atom is 0.200 e. The molecule has 1 atom stereocenters. The molecule has 0 spiro atoms. The minimum Gasteiger partial charge on any atom is -0.286 e. The Morgan fingerprint density at radius 2 is 1.77 bits per heavy atom. The number of hydrogen-bond donors (Lipinski definition) is 0. The average Bonchev–Trinajstić information content (AvgIpc) is 2.79. The molecule has 1 unspecified atom stereocenters. The van der Waals surface area contributed by atoms with E-state index in [-0.39, 0.29) is 11.0 Å². The number of nitriles is 1. The van der Waals surface area contributed by atoms with Crippen molar-refractivity contribution in [3.63, 3.8) is 0 Å². The first-order valence-electron chi connectivity index (χ1n) is 10.4. The molecule has 2 nitrogen and oxygen atoms in total. The van der Waals surface area contributed by atoms with E-state index in [0.29, 0.717) is 5.56 Å². The van der Waals surface area contributed by atoms with E-state index in [0.717, 1.165) is 46.8 Å². The van der Waals surface area contributed by atoms with Gasteiger partial charge in [-0.15, -0.1) is 23.5 Å². The fourth-order valence-electron chi connectivity index (χ4n) is 3.29. The molecule has 156 valence electrons. The fraction of sp³-hybridized carbons (Fsp3) is 0.360. The number of hydrogen-bond acceptors (Lipinski definition) is 5. The third-order valence-corrected chi connectivity index (χ3v) is 8.65. The van der Waals surface area contributed by atoms with Gasteiger partial charge in [0.05, 0.1) is 17.6 Å². The highest BCUT2D eigenvalue weighted by Gasteiger charge is 2.30. The van der Waals surface area contributed by atoms with Crippen LogP contribution in [0.3, 0.4) is 0 Å². The van der Waals surface area contributed by atoms with Gasteiger partial charge in [0.25, 0.3) is 0 Å². The molecule has 30 heavy (non-hydrogen) atoms. The Morgan fingerprint density at radius 3 is 2.37 bits per heavy atom. The van der Waals surface area contributed by atoms with Gasteiger partial charge in [-0.3, -0.25) is 4.79 Å². The van der Waals surface area contributed by atoms with Crippen LogP contribution in [0.4, 0.5) is 0 Å². The van der Waals surface area contributed by atoms with Crippen molar-refractivity contribution in [2.24, 2.45) is 0 Å². The molecule has 5 heteroatoms. The van der Waals surface area contributed by atoms with Gasteiger partial charge in [0.2, 0.25) is 5.12 Å². The second-order valence-electron chi connectivity index (χ2n) is 7.31. The van der Waals surface area contributed by atoms with E-state index < -0.39 is 0 Å². The summed E-state index contributed by atoms with van der Waals surface area (Å²) >= 11 is 5.19. The van der Waals surface area contributed by atoms with E-state index in [4.69, 9.17) is 0 Å². The lowest BCUT2D eigenvalue weighted by Gasteiger charge is -2.25. The van der Waals surface area contributed by atoms with Gasteiger partial charge in [-0.05, 0) is 60.1 Å². The molecule has 0 amide bonds. The zero-order valence-corrected chi connectivity index (χ0v) is 20.0. The molecule has 1 saturated heterocycles. The fourth-order valence-corrected chi connectivity index (χ4v) is 7.09. The second kappa shape index (κ2) is 11.7. The zero-order chi connectivity index (χ0) is 21.3. The molecular weight excluding hydrogens is 426 g/mol. The molecule has 1 aliphatic heterocycles. The van der Waals surface area contributed by atoms with Crippen LogP contribution in [0.25, 0.3) is 5.57 Å². The van der Waals surface area contributed by atoms with E-state index in [1.165, 1.54) is 28.0 Å². The number of allylic oxidation sites excluding steroid dienone is 1. The molecule has 0 saturated carbocycles. The number of aryl methyl sites for hydroxylation is 1. The van der Waals surface area contributed by atoms with Gasteiger partial charge in [-0.1, -0.05) is 67.1 Å². The van der Waals surface area contributed by atoms with Crippen LogP contribution in [0, 0.1) is 18.3 Å². The molecule has 1 heterocycles. The van der Waals surface area contributed by atoms with Gasteiger partial charge in [0.15, 0.2) is 0 Å². The first-order valence-corrected chi connectivity index (χ1v) is 13.3. The van der Waals surface area contributed by atoms with E-state index in [2.05, 4.69) is 44.2 Å². The highest BCUT2D eigenvalue weighted by molar-refractivity contribution is 8.23. The van der Waals surface area contributed by atoms with Crippen LogP contribution >= 0.6 is 35.3 Å². The van der Waals surface area contributed by atoms with Crippen molar-refractivity contribution in [2.45, 2.75) is 39.0 Å². The largest absolute Gasteiger partial charge is 0.286 e. The molecule has 1 aliphatic rings. The van der Waals surface area contributed by atoms with Crippen LogP contribution < -0.4 is 0 Å². The molecule has 1 fully saturated rings. The third kappa shape index (κ3) is 5.97. The van der Waals surface area contributed by atoms with Gasteiger partial charge in [0.1, 0.15) is 0 Å². The lowest BCUT2D eigenvalue weighted by molar-refractivity contribution is -0.111. The molecule has 0 aliphatic carbocycles. The Bertz CT molecular complexity index is 918. The summed E-state index contributed by atoms with van der Waals surface area (Å²) in [6, 6.07) is 18.3. The number of thioether (sulfide) groups is 3. The molecule has 0 aromatic heterocycles. The second-order valence-corrected chi connectivity index (χ2v) is 10.9. The Balaban J connectivity index is 2.10. The summed E-state index contributed by atoms with van der Waals surface area (Å²) in [5.74, 6) is 2.72. The van der Waals surface area contributed by atoms with Crippen LogP contribution in [0.15, 0.2) is 52.8 Å². The van der Waals surface area contributed by atoms with Crippen molar-refractivity contribution in [1.82, 2.24) is 0 Å². The summed E-state index contributed by atoms with van der Waals surface area (Å²) in [5.41, 5.74) is 5.03. The van der Waals surface area contributed by atoms with E-state index in [1.807, 2.05) is 47.8 Å². The molecule has 0 N–H and O–H groups in total. The molecule has 2 aromatic carbocycles. The highest BCUT2D eigenvalue weighted by Crippen LogP contribution is 2.47. The first-order chi connectivity index (χ1) is 14.6. The van der Waals surface area contributed by atoms with Crippen LogP contribution in [0.2, 0.25) is 0 Å². The minimum absolute atomic E-state index is 0.214. The highest BCUT2D eigenvalue weighted by atomic mass is 32.2. The maximum atomic E-state index is 13.5. The zero-order valence-electron chi connectivity index (χ0n) is 17.5. The minimum atomic E-state index is -0.298. The van der Waals surface area contributed by atoms with Gasteiger partial charge < -0.3 is 0 Å². The normalized spacial score (nSPS) is 14.8. The van der Waals surface area contributed by atoms with Crippen molar-refractivity contribution in [1.29, 1.82) is 5.26 Å². The van der Waals surface area contributed by atoms with Crippen LogP contribution in [-0.4, -0.2) is 22.4 Å². The lowest BCUT2D eigenvalue weighted by atomic mass is 9.88. The summed E-state index contributed by atoms with van der Waals surface area (Å²) in [5, 5.41) is 9.42. The molecule has 3 rings (SSSR count). The van der Waals surface area contributed by atoms with Crippen molar-refractivity contribution in [2.75, 3.05) is 17.3 Å². The number of carbonyl (C=O) groups is 1. The topological polar surface area (TPSA) is 40.9 Å². The molecular formula is C25H27NOS3. The summed E-state index contributed by atoms with van der Waals surface area (Å²) < 4.78 is 1.25. The van der Waals surface area contributed by atoms with Gasteiger partial charge in [-0.2, -0.15) is 5.26 Å². The summed E-state index contributed by atoms with van der Waals surface area (Å²) in [7, 11) is 0. The van der Waals surface area contributed by atoms with Crippen molar-refractivity contribution < 1.29 is 4.79 Å². The smallest absolute Gasteiger partial charge is 0.200 e. The SMILES string of the molecule is CCCCSC(=O)C(C(=C1SCCCS1)c1ccc(C#N)cc1)c1ccc(C)cc1. The van der Waals surface area contributed by atoms with Crippen LogP contribution in [0.1, 0.15) is 54.4 Å². The van der Waals surface area contributed by atoms with Gasteiger partial charge in [-0.25, -0.2) is 0 Å². The van der Waals surface area contributed by atoms with Gasteiger partial charge >= 0.3 is 0 Å². The monoisotopic (exact) mass is 453 g/mol. The summed E-state index contributed by atoms with van der Waals surface area (Å²) in [6.07, 6.45) is 3.32. The number of rotatable bonds is 7. The quantitative estimate of drug-likeness (QED) is 0.413. The van der Waals surface area contributed by atoms with Crippen molar-refractivity contribution in [3.05, 3.63) is 75.0 Å². The van der Waals surface area contributed by atoms with E-state index in [9.17, 15) is 10.1 Å². The predicted octanol–water partition coefficient (Wildman–Crippen LogP) is 7.25. The number of nitrogens with zero attached hydrogens (tertiary/aromatic N) is 1. The Labute approximate surface area is 192 Å². The Kier molecular flexibility index (Phi) is 8.99. The van der Waals surface area contributed by atoms with Crippen molar-refractivity contribution >= 4 is 46.0 Å². The Morgan fingerprint density at radius 1 is 1.10 bits per heavy atom. The average molecular weight is 454 g/mol. The predicted molar refractivity (Wildman–Crippen MR) is 134 cm³/mol. The van der Waals surface area contributed by atoms with E-state index in [1.54, 1.807) is 0 Å². The summed E-state index contributed by atoms with van der Waals surface area (Å²) in [6.45, 7) is 4.23. The van der Waals surface area contributed by atoms with Crippen LogP contribution in [-0.2, 0) is 4.79 Å². The maximum absolute atomic E-state index is 13.5. The number of unbranched alkanes of at least 4 members (excludes halogenated alkanes) is 1. The Hall–Kier alpha value is -1.61. The molecule has 2 aromatic rings. The lowest BCUT2D eigenvalue weighted by Crippen LogP contribution is -2.14.